The minimum atomic E-state index is 0.185. The van der Waals surface area contributed by atoms with Gasteiger partial charge in [0.15, 0.2) is 0 Å². The lowest BCUT2D eigenvalue weighted by molar-refractivity contribution is 0.399. The highest BCUT2D eigenvalue weighted by Crippen LogP contribution is 2.71. The van der Waals surface area contributed by atoms with Gasteiger partial charge in [-0.3, -0.25) is 0 Å². The van der Waals surface area contributed by atoms with Crippen LogP contribution in [0.2, 0.25) is 0 Å². The molecular weight excluding hydrogens is 222 g/mol. The van der Waals surface area contributed by atoms with E-state index < -0.39 is 0 Å². The summed E-state index contributed by atoms with van der Waals surface area (Å²) in [6, 6.07) is 0.185. The van der Waals surface area contributed by atoms with Gasteiger partial charge in [0, 0.05) is 18.9 Å². The summed E-state index contributed by atoms with van der Waals surface area (Å²) in [5, 5.41) is 0. The summed E-state index contributed by atoms with van der Waals surface area (Å²) in [5.41, 5.74) is 6.53. The van der Waals surface area contributed by atoms with Gasteiger partial charge >= 0.3 is 0 Å². The van der Waals surface area contributed by atoms with Crippen LogP contribution in [0, 0.1) is 29.6 Å². The first-order valence-corrected chi connectivity index (χ1v) is 7.58. The van der Waals surface area contributed by atoms with Crippen molar-refractivity contribution < 1.29 is 0 Å². The maximum Gasteiger partial charge on any atom is 0.125 e. The fourth-order valence-corrected chi connectivity index (χ4v) is 5.09. The zero-order valence-electron chi connectivity index (χ0n) is 11.1. The molecular formula is C15H23N3. The Kier molecular flexibility index (Phi) is 2.35. The summed E-state index contributed by atoms with van der Waals surface area (Å²) in [5.74, 6) is 5.79. The van der Waals surface area contributed by atoms with Gasteiger partial charge < -0.3 is 10.3 Å². The summed E-state index contributed by atoms with van der Waals surface area (Å²) in [7, 11) is 0. The predicted molar refractivity (Wildman–Crippen MR) is 70.7 cm³/mol. The molecule has 5 atom stereocenters. The van der Waals surface area contributed by atoms with Crippen molar-refractivity contribution in [2.45, 2.75) is 45.2 Å². The van der Waals surface area contributed by atoms with Gasteiger partial charge in [-0.25, -0.2) is 4.98 Å². The number of nitrogens with zero attached hydrogens (tertiary/aromatic N) is 2. The van der Waals surface area contributed by atoms with Crippen LogP contribution in [0.4, 0.5) is 0 Å². The molecule has 3 nitrogen and oxygen atoms in total. The Bertz CT molecular complexity index is 436. The van der Waals surface area contributed by atoms with Gasteiger partial charge in [-0.1, -0.05) is 6.92 Å². The van der Waals surface area contributed by atoms with Gasteiger partial charge in [-0.15, -0.1) is 0 Å². The average molecular weight is 245 g/mol. The first-order valence-electron chi connectivity index (χ1n) is 7.58. The van der Waals surface area contributed by atoms with Crippen LogP contribution in [0.1, 0.15) is 44.5 Å². The highest BCUT2D eigenvalue weighted by atomic mass is 15.1. The number of aromatic nitrogens is 2. The van der Waals surface area contributed by atoms with Crippen molar-refractivity contribution in [3.05, 3.63) is 18.2 Å². The number of rotatable bonds is 4. The van der Waals surface area contributed by atoms with Gasteiger partial charge in [-0.2, -0.15) is 0 Å². The molecule has 3 aliphatic carbocycles. The van der Waals surface area contributed by atoms with Crippen LogP contribution in [0.25, 0.3) is 0 Å². The molecule has 3 fully saturated rings. The highest BCUT2D eigenvalue weighted by molar-refractivity contribution is 5.18. The molecule has 3 heteroatoms. The Balaban J connectivity index is 1.54. The molecule has 0 saturated heterocycles. The second-order valence-electron chi connectivity index (χ2n) is 6.57. The normalized spacial score (nSPS) is 42.0. The minimum Gasteiger partial charge on any atom is -0.334 e. The van der Waals surface area contributed by atoms with E-state index in [4.69, 9.17) is 5.73 Å². The third-order valence-electron chi connectivity index (χ3n) is 5.72. The van der Waals surface area contributed by atoms with E-state index in [2.05, 4.69) is 22.7 Å². The van der Waals surface area contributed by atoms with Crippen molar-refractivity contribution in [3.63, 3.8) is 0 Å². The first-order chi connectivity index (χ1) is 8.81. The first kappa shape index (κ1) is 11.0. The number of hydrogen-bond acceptors (Lipinski definition) is 2. The smallest absolute Gasteiger partial charge is 0.125 e. The van der Waals surface area contributed by atoms with Crippen LogP contribution < -0.4 is 5.73 Å². The fraction of sp³-hybridized carbons (Fsp3) is 0.800. The highest BCUT2D eigenvalue weighted by Gasteiger charge is 2.66. The van der Waals surface area contributed by atoms with Crippen LogP contribution in [0.15, 0.2) is 12.4 Å². The zero-order valence-corrected chi connectivity index (χ0v) is 11.1. The number of nitrogens with two attached hydrogens (primary N) is 1. The van der Waals surface area contributed by atoms with Gasteiger partial charge in [0.1, 0.15) is 5.82 Å². The molecule has 4 rings (SSSR count). The van der Waals surface area contributed by atoms with Crippen molar-refractivity contribution in [2.24, 2.45) is 35.3 Å². The molecule has 3 saturated carbocycles. The lowest BCUT2D eigenvalue weighted by Crippen LogP contribution is -2.21. The van der Waals surface area contributed by atoms with Gasteiger partial charge in [-0.05, 0) is 55.3 Å². The van der Waals surface area contributed by atoms with Crippen LogP contribution in [0.3, 0.4) is 0 Å². The molecule has 0 amide bonds. The number of imidazole rings is 1. The van der Waals surface area contributed by atoms with E-state index in [0.29, 0.717) is 0 Å². The third kappa shape index (κ3) is 1.37. The SMILES string of the molecule is CCCn1ccnc1C(N)C1C2C3CCC(C3)C21. The van der Waals surface area contributed by atoms with Crippen molar-refractivity contribution in [2.75, 3.05) is 0 Å². The molecule has 1 aromatic rings. The van der Waals surface area contributed by atoms with Crippen LogP contribution in [0.5, 0.6) is 0 Å². The predicted octanol–water partition coefficient (Wildman–Crippen LogP) is 2.59. The maximum absolute atomic E-state index is 6.53. The van der Waals surface area contributed by atoms with Gasteiger partial charge in [0.2, 0.25) is 0 Å². The molecule has 18 heavy (non-hydrogen) atoms. The van der Waals surface area contributed by atoms with Gasteiger partial charge in [0.25, 0.3) is 0 Å². The fourth-order valence-electron chi connectivity index (χ4n) is 5.09. The van der Waals surface area contributed by atoms with E-state index in [0.717, 1.165) is 48.4 Å². The Hall–Kier alpha value is -0.830. The summed E-state index contributed by atoms with van der Waals surface area (Å²) in [6.07, 6.45) is 9.60. The Labute approximate surface area is 109 Å². The molecule has 98 valence electrons. The lowest BCUT2D eigenvalue weighted by atomic mass is 9.97. The second kappa shape index (κ2) is 3.83. The number of aryl methyl sites for hydroxylation is 1. The molecule has 0 aliphatic heterocycles. The minimum absolute atomic E-state index is 0.185. The van der Waals surface area contributed by atoms with E-state index in [1.54, 1.807) is 0 Å². The largest absolute Gasteiger partial charge is 0.334 e. The molecule has 1 aromatic heterocycles. The van der Waals surface area contributed by atoms with Crippen molar-refractivity contribution in [1.29, 1.82) is 0 Å². The monoisotopic (exact) mass is 245 g/mol. The standard InChI is InChI=1S/C15H23N3/c1-2-6-18-7-5-17-15(18)14(16)13-11-9-3-4-10(8-9)12(11)13/h5,7,9-14H,2-4,6,8,16H2,1H3. The van der Waals surface area contributed by atoms with E-state index in [-0.39, 0.29) is 6.04 Å². The molecule has 5 unspecified atom stereocenters. The van der Waals surface area contributed by atoms with Crippen molar-refractivity contribution in [1.82, 2.24) is 9.55 Å². The third-order valence-corrected chi connectivity index (χ3v) is 5.72. The van der Waals surface area contributed by atoms with E-state index >= 15 is 0 Å². The Morgan fingerprint density at radius 2 is 2.11 bits per heavy atom. The summed E-state index contributed by atoms with van der Waals surface area (Å²) in [4.78, 5) is 4.53. The summed E-state index contributed by atoms with van der Waals surface area (Å²) in [6.45, 7) is 3.26. The average Bonchev–Trinajstić information content (AvgIpc) is 2.75. The molecule has 0 radical (unpaired) electrons. The van der Waals surface area contributed by atoms with Crippen molar-refractivity contribution in [3.8, 4) is 0 Å². The maximum atomic E-state index is 6.53. The lowest BCUT2D eigenvalue weighted by Gasteiger charge is -2.17. The van der Waals surface area contributed by atoms with Crippen LogP contribution in [-0.2, 0) is 6.54 Å². The molecule has 1 heterocycles. The summed E-state index contributed by atoms with van der Waals surface area (Å²) >= 11 is 0. The van der Waals surface area contributed by atoms with E-state index in [1.165, 1.54) is 19.3 Å². The molecule has 3 aliphatic rings. The zero-order chi connectivity index (χ0) is 12.3. The summed E-state index contributed by atoms with van der Waals surface area (Å²) < 4.78 is 2.26. The molecule has 2 bridgehead atoms. The van der Waals surface area contributed by atoms with E-state index in [1.807, 2.05) is 6.20 Å². The van der Waals surface area contributed by atoms with Crippen LogP contribution >= 0.6 is 0 Å². The number of fused-ring (bicyclic) bond motifs is 5. The topological polar surface area (TPSA) is 43.8 Å². The second-order valence-corrected chi connectivity index (χ2v) is 6.57. The number of hydrogen-bond donors (Lipinski definition) is 1. The molecule has 0 spiro atoms. The van der Waals surface area contributed by atoms with Crippen molar-refractivity contribution >= 4 is 0 Å². The van der Waals surface area contributed by atoms with Gasteiger partial charge in [0.05, 0.1) is 6.04 Å². The Morgan fingerprint density at radius 1 is 1.39 bits per heavy atom. The van der Waals surface area contributed by atoms with Crippen LogP contribution in [-0.4, -0.2) is 9.55 Å². The Morgan fingerprint density at radius 3 is 2.78 bits per heavy atom. The quantitative estimate of drug-likeness (QED) is 0.886. The van der Waals surface area contributed by atoms with E-state index in [9.17, 15) is 0 Å². The molecule has 2 N–H and O–H groups in total. The molecule has 0 aromatic carbocycles.